The first-order valence-corrected chi connectivity index (χ1v) is 8.97. The van der Waals surface area contributed by atoms with Gasteiger partial charge in [-0.1, -0.05) is 42.5 Å². The second-order valence-corrected chi connectivity index (χ2v) is 6.91. The summed E-state index contributed by atoms with van der Waals surface area (Å²) in [7, 11) is 1.86. The van der Waals surface area contributed by atoms with E-state index in [1.165, 1.54) is 29.4 Å². The number of nitrogens with zero attached hydrogens (tertiary/aromatic N) is 2. The first-order valence-electron chi connectivity index (χ1n) is 8.97. The van der Waals surface area contributed by atoms with Crippen LogP contribution in [0.4, 0.5) is 0 Å². The summed E-state index contributed by atoms with van der Waals surface area (Å²) in [5.41, 5.74) is 5.72. The summed E-state index contributed by atoms with van der Waals surface area (Å²) in [4.78, 5) is 13.2. The van der Waals surface area contributed by atoms with E-state index in [9.17, 15) is 4.79 Å². The van der Waals surface area contributed by atoms with E-state index in [0.717, 1.165) is 34.8 Å². The van der Waals surface area contributed by atoms with Gasteiger partial charge in [0, 0.05) is 23.4 Å². The highest BCUT2D eigenvalue weighted by Crippen LogP contribution is 2.38. The van der Waals surface area contributed by atoms with Gasteiger partial charge in [0.05, 0.1) is 16.6 Å². The molecule has 0 fully saturated rings. The molecule has 0 N–H and O–H groups in total. The Morgan fingerprint density at radius 3 is 2.36 bits per heavy atom. The summed E-state index contributed by atoms with van der Waals surface area (Å²) in [6, 6.07) is 16.5. The molecule has 0 atom stereocenters. The van der Waals surface area contributed by atoms with Gasteiger partial charge in [-0.15, -0.1) is 0 Å². The quantitative estimate of drug-likeness (QED) is 0.488. The van der Waals surface area contributed by atoms with Crippen molar-refractivity contribution in [2.75, 3.05) is 0 Å². The fourth-order valence-electron chi connectivity index (χ4n) is 4.30. The van der Waals surface area contributed by atoms with E-state index in [1.54, 1.807) is 4.57 Å². The second kappa shape index (κ2) is 5.35. The van der Waals surface area contributed by atoms with Crippen molar-refractivity contribution in [3.05, 3.63) is 70.7 Å². The zero-order valence-electron chi connectivity index (χ0n) is 14.3. The van der Waals surface area contributed by atoms with Crippen molar-refractivity contribution in [1.82, 2.24) is 8.97 Å². The van der Waals surface area contributed by atoms with Crippen LogP contribution in [0.1, 0.15) is 31.2 Å². The fraction of sp³-hybridized carbons (Fsp3) is 0.227. The van der Waals surface area contributed by atoms with Crippen LogP contribution < -0.4 is 5.69 Å². The van der Waals surface area contributed by atoms with Crippen molar-refractivity contribution < 1.29 is 0 Å². The monoisotopic (exact) mass is 328 g/mol. The van der Waals surface area contributed by atoms with Gasteiger partial charge in [0.25, 0.3) is 0 Å². The lowest BCUT2D eigenvalue weighted by molar-refractivity contribution is 0.743. The maximum atomic E-state index is 13.2. The summed E-state index contributed by atoms with van der Waals surface area (Å²) in [6.07, 6.45) is 7.07. The molecule has 0 radical (unpaired) electrons. The van der Waals surface area contributed by atoms with Crippen molar-refractivity contribution in [2.45, 2.75) is 25.7 Å². The van der Waals surface area contributed by atoms with Crippen molar-refractivity contribution in [2.24, 2.45) is 7.05 Å². The van der Waals surface area contributed by atoms with Gasteiger partial charge in [0.1, 0.15) is 0 Å². The Bertz CT molecular complexity index is 1220. The highest BCUT2D eigenvalue weighted by molar-refractivity contribution is 6.10. The summed E-state index contributed by atoms with van der Waals surface area (Å²) < 4.78 is 3.66. The summed E-state index contributed by atoms with van der Waals surface area (Å²) in [5.74, 6) is 0. The van der Waals surface area contributed by atoms with E-state index in [1.807, 2.05) is 29.6 Å². The van der Waals surface area contributed by atoms with Crippen LogP contribution in [0.3, 0.4) is 0 Å². The van der Waals surface area contributed by atoms with Crippen molar-refractivity contribution in [3.63, 3.8) is 0 Å². The van der Waals surface area contributed by atoms with Crippen LogP contribution in [0, 0.1) is 0 Å². The average Bonchev–Trinajstić information content (AvgIpc) is 3.02. The van der Waals surface area contributed by atoms with Gasteiger partial charge >= 0.3 is 5.69 Å². The van der Waals surface area contributed by atoms with Gasteiger partial charge in [-0.05, 0) is 43.4 Å². The predicted molar refractivity (Wildman–Crippen MR) is 104 cm³/mol. The van der Waals surface area contributed by atoms with E-state index in [-0.39, 0.29) is 5.69 Å². The lowest BCUT2D eigenvalue weighted by atomic mass is 9.91. The number of para-hydroxylation sites is 2. The minimum Gasteiger partial charge on any atom is -0.296 e. The summed E-state index contributed by atoms with van der Waals surface area (Å²) >= 11 is 0. The van der Waals surface area contributed by atoms with Crippen LogP contribution in [0.25, 0.3) is 32.9 Å². The molecule has 0 bridgehead atoms. The van der Waals surface area contributed by atoms with Gasteiger partial charge in [-0.3, -0.25) is 8.97 Å². The van der Waals surface area contributed by atoms with E-state index >= 15 is 0 Å². The van der Waals surface area contributed by atoms with E-state index in [0.29, 0.717) is 0 Å². The third-order valence-corrected chi connectivity index (χ3v) is 5.49. The maximum Gasteiger partial charge on any atom is 0.333 e. The predicted octanol–water partition coefficient (Wildman–Crippen LogP) is 4.90. The number of hydrogen-bond acceptors (Lipinski definition) is 1. The Hall–Kier alpha value is -2.81. The van der Waals surface area contributed by atoms with Gasteiger partial charge in [-0.2, -0.15) is 0 Å². The number of hydrogen-bond donors (Lipinski definition) is 0. The van der Waals surface area contributed by atoms with Crippen LogP contribution in [-0.4, -0.2) is 8.97 Å². The van der Waals surface area contributed by atoms with Gasteiger partial charge < -0.3 is 0 Å². The Kier molecular flexibility index (Phi) is 3.11. The third kappa shape index (κ3) is 1.95. The van der Waals surface area contributed by atoms with Crippen LogP contribution >= 0.6 is 0 Å². The molecule has 0 spiro atoms. The minimum absolute atomic E-state index is 0.0209. The normalized spacial score (nSPS) is 15.2. The largest absolute Gasteiger partial charge is 0.333 e. The van der Waals surface area contributed by atoms with Gasteiger partial charge in [-0.25, -0.2) is 4.79 Å². The number of allylic oxidation sites excluding steroid dienone is 2. The fourth-order valence-corrected chi connectivity index (χ4v) is 4.30. The molecule has 1 aliphatic rings. The topological polar surface area (TPSA) is 26.4 Å². The van der Waals surface area contributed by atoms with E-state index in [2.05, 4.69) is 36.4 Å². The van der Waals surface area contributed by atoms with Gasteiger partial charge in [0.15, 0.2) is 0 Å². The first kappa shape index (κ1) is 14.5. The Labute approximate surface area is 145 Å². The zero-order valence-corrected chi connectivity index (χ0v) is 14.3. The molecule has 0 unspecified atom stereocenters. The molecule has 2 heterocycles. The molecule has 4 aromatic rings. The Morgan fingerprint density at radius 1 is 0.880 bits per heavy atom. The van der Waals surface area contributed by atoms with Crippen LogP contribution in [0.5, 0.6) is 0 Å². The molecule has 124 valence electrons. The molecular formula is C22H20N2O. The minimum atomic E-state index is 0.0209. The number of aryl methyl sites for hydroxylation is 1. The van der Waals surface area contributed by atoms with Crippen molar-refractivity contribution in [3.8, 4) is 0 Å². The molecular weight excluding hydrogens is 308 g/mol. The molecule has 0 aliphatic heterocycles. The number of rotatable bonds is 1. The Balaban J connectivity index is 2.11. The molecule has 3 nitrogen and oxygen atoms in total. The van der Waals surface area contributed by atoms with E-state index < -0.39 is 0 Å². The molecule has 3 heteroatoms. The maximum absolute atomic E-state index is 13.2. The number of aromatic nitrogens is 2. The Morgan fingerprint density at radius 2 is 1.60 bits per heavy atom. The number of fused-ring (bicyclic) bond motifs is 5. The second-order valence-electron chi connectivity index (χ2n) is 6.91. The van der Waals surface area contributed by atoms with E-state index in [4.69, 9.17) is 0 Å². The first-order chi connectivity index (χ1) is 12.3. The molecule has 25 heavy (non-hydrogen) atoms. The molecule has 0 saturated carbocycles. The van der Waals surface area contributed by atoms with Gasteiger partial charge in [0.2, 0.25) is 0 Å². The highest BCUT2D eigenvalue weighted by Gasteiger charge is 2.21. The number of benzene rings is 2. The molecule has 5 rings (SSSR count). The molecule has 2 aromatic heterocycles. The smallest absolute Gasteiger partial charge is 0.296 e. The SMILES string of the molecule is Cn1c(=O)n2c3ccccc3c(C3=CCCCC3)c2c2ccccc21. The third-order valence-electron chi connectivity index (χ3n) is 5.49. The van der Waals surface area contributed by atoms with Crippen LogP contribution in [0.2, 0.25) is 0 Å². The molecule has 1 aliphatic carbocycles. The summed E-state index contributed by atoms with van der Waals surface area (Å²) in [5, 5.41) is 2.33. The van der Waals surface area contributed by atoms with Crippen molar-refractivity contribution in [1.29, 1.82) is 0 Å². The molecule has 0 amide bonds. The van der Waals surface area contributed by atoms with Crippen LogP contribution in [0.15, 0.2) is 59.4 Å². The molecule has 0 saturated heterocycles. The average molecular weight is 328 g/mol. The van der Waals surface area contributed by atoms with Crippen molar-refractivity contribution >= 4 is 32.9 Å². The highest BCUT2D eigenvalue weighted by atomic mass is 16.1. The molecule has 2 aromatic carbocycles. The zero-order chi connectivity index (χ0) is 17.0. The standard InChI is InChI=1S/C22H20N2O/c1-23-18-13-7-6-12-17(18)21-20(15-9-3-2-4-10-15)16-11-5-8-14-19(16)24(21)22(23)25/h5-9,11-14H,2-4,10H2,1H3. The lowest BCUT2D eigenvalue weighted by Crippen LogP contribution is -2.24. The lowest BCUT2D eigenvalue weighted by Gasteiger charge is -2.14. The van der Waals surface area contributed by atoms with Crippen LogP contribution in [-0.2, 0) is 7.05 Å². The summed E-state index contributed by atoms with van der Waals surface area (Å²) in [6.45, 7) is 0.